The SMILES string of the molecule is COc1ncccc1NC(=O)c1cccnc1Oc1cccc(Br)c1. The number of methoxy groups -OCH3 is 1. The number of amides is 1. The summed E-state index contributed by atoms with van der Waals surface area (Å²) in [6, 6.07) is 14.0. The number of hydrogen-bond acceptors (Lipinski definition) is 5. The van der Waals surface area contributed by atoms with Crippen LogP contribution in [0.1, 0.15) is 10.4 Å². The van der Waals surface area contributed by atoms with Gasteiger partial charge in [0.1, 0.15) is 17.0 Å². The number of nitrogens with one attached hydrogen (secondary N) is 1. The minimum Gasteiger partial charge on any atom is -0.480 e. The van der Waals surface area contributed by atoms with Crippen LogP contribution < -0.4 is 14.8 Å². The predicted molar refractivity (Wildman–Crippen MR) is 97.2 cm³/mol. The Morgan fingerprint density at radius 3 is 2.56 bits per heavy atom. The van der Waals surface area contributed by atoms with Crippen molar-refractivity contribution >= 4 is 27.5 Å². The Morgan fingerprint density at radius 1 is 1.04 bits per heavy atom. The fraction of sp³-hybridized carbons (Fsp3) is 0.0556. The first-order chi connectivity index (χ1) is 12.2. The van der Waals surface area contributed by atoms with E-state index in [1.165, 1.54) is 7.11 Å². The van der Waals surface area contributed by atoms with Crippen molar-refractivity contribution in [3.63, 3.8) is 0 Å². The van der Waals surface area contributed by atoms with Crippen LogP contribution in [0.2, 0.25) is 0 Å². The molecule has 0 unspecified atom stereocenters. The molecule has 1 N–H and O–H groups in total. The molecular formula is C18H14BrN3O3. The van der Waals surface area contributed by atoms with E-state index in [1.54, 1.807) is 48.8 Å². The van der Waals surface area contributed by atoms with E-state index in [1.807, 2.05) is 12.1 Å². The minimum atomic E-state index is -0.371. The lowest BCUT2D eigenvalue weighted by Crippen LogP contribution is -2.14. The van der Waals surface area contributed by atoms with Crippen LogP contribution >= 0.6 is 15.9 Å². The van der Waals surface area contributed by atoms with Crippen LogP contribution in [0.5, 0.6) is 17.5 Å². The summed E-state index contributed by atoms with van der Waals surface area (Å²) in [5.41, 5.74) is 0.764. The summed E-state index contributed by atoms with van der Waals surface area (Å²) in [7, 11) is 1.49. The summed E-state index contributed by atoms with van der Waals surface area (Å²) in [6.07, 6.45) is 3.15. The second kappa shape index (κ2) is 7.76. The first-order valence-electron chi connectivity index (χ1n) is 7.36. The number of halogens is 1. The summed E-state index contributed by atoms with van der Waals surface area (Å²) in [4.78, 5) is 20.9. The van der Waals surface area contributed by atoms with E-state index >= 15 is 0 Å². The molecule has 25 heavy (non-hydrogen) atoms. The molecule has 0 aliphatic carbocycles. The van der Waals surface area contributed by atoms with Gasteiger partial charge in [0, 0.05) is 16.9 Å². The molecule has 0 fully saturated rings. The fourth-order valence-corrected chi connectivity index (χ4v) is 2.50. The average molecular weight is 400 g/mol. The molecule has 126 valence electrons. The first-order valence-corrected chi connectivity index (χ1v) is 8.15. The molecule has 0 saturated heterocycles. The highest BCUT2D eigenvalue weighted by Crippen LogP contribution is 2.27. The van der Waals surface area contributed by atoms with Crippen LogP contribution in [0, 0.1) is 0 Å². The van der Waals surface area contributed by atoms with Crippen molar-refractivity contribution in [2.75, 3.05) is 12.4 Å². The molecule has 6 nitrogen and oxygen atoms in total. The zero-order valence-electron chi connectivity index (χ0n) is 13.3. The van der Waals surface area contributed by atoms with Gasteiger partial charge in [0.05, 0.1) is 7.11 Å². The molecule has 3 aromatic rings. The van der Waals surface area contributed by atoms with Crippen molar-refractivity contribution in [1.82, 2.24) is 9.97 Å². The molecular weight excluding hydrogens is 386 g/mol. The third-order valence-electron chi connectivity index (χ3n) is 3.24. The fourth-order valence-electron chi connectivity index (χ4n) is 2.13. The molecule has 1 amide bonds. The summed E-state index contributed by atoms with van der Waals surface area (Å²) < 4.78 is 11.8. The van der Waals surface area contributed by atoms with E-state index in [2.05, 4.69) is 31.2 Å². The Balaban J connectivity index is 1.86. The molecule has 0 saturated carbocycles. The summed E-state index contributed by atoms with van der Waals surface area (Å²) in [5, 5.41) is 2.76. The van der Waals surface area contributed by atoms with Gasteiger partial charge in [-0.1, -0.05) is 22.0 Å². The molecule has 3 rings (SSSR count). The van der Waals surface area contributed by atoms with Gasteiger partial charge in [-0.15, -0.1) is 0 Å². The van der Waals surface area contributed by atoms with Crippen molar-refractivity contribution in [3.8, 4) is 17.5 Å². The molecule has 0 aliphatic rings. The molecule has 0 bridgehead atoms. The van der Waals surface area contributed by atoms with Gasteiger partial charge in [-0.25, -0.2) is 9.97 Å². The largest absolute Gasteiger partial charge is 0.480 e. The predicted octanol–water partition coefficient (Wildman–Crippen LogP) is 4.29. The number of ether oxygens (including phenoxy) is 2. The van der Waals surface area contributed by atoms with Gasteiger partial charge in [-0.05, 0) is 42.5 Å². The van der Waals surface area contributed by atoms with E-state index in [4.69, 9.17) is 9.47 Å². The average Bonchev–Trinajstić information content (AvgIpc) is 2.62. The highest BCUT2D eigenvalue weighted by atomic mass is 79.9. The van der Waals surface area contributed by atoms with E-state index in [9.17, 15) is 4.79 Å². The molecule has 0 aliphatic heterocycles. The number of carbonyl (C=O) groups is 1. The van der Waals surface area contributed by atoms with Gasteiger partial charge in [0.25, 0.3) is 5.91 Å². The standard InChI is InChI=1S/C18H14BrN3O3/c1-24-18-15(8-4-10-21-18)22-16(23)14-7-3-9-20-17(14)25-13-6-2-5-12(19)11-13/h2-11H,1H3,(H,22,23). The number of anilines is 1. The molecule has 2 heterocycles. The van der Waals surface area contributed by atoms with Crippen molar-refractivity contribution in [2.24, 2.45) is 0 Å². The number of benzene rings is 1. The Labute approximate surface area is 153 Å². The number of carbonyl (C=O) groups excluding carboxylic acids is 1. The van der Waals surface area contributed by atoms with Crippen LogP contribution in [-0.4, -0.2) is 23.0 Å². The number of pyridine rings is 2. The van der Waals surface area contributed by atoms with Gasteiger partial charge in [-0.2, -0.15) is 0 Å². The van der Waals surface area contributed by atoms with E-state index in [0.29, 0.717) is 22.9 Å². The van der Waals surface area contributed by atoms with Crippen molar-refractivity contribution < 1.29 is 14.3 Å². The van der Waals surface area contributed by atoms with Crippen LogP contribution in [-0.2, 0) is 0 Å². The first kappa shape index (κ1) is 16.9. The Kier molecular flexibility index (Phi) is 5.25. The second-order valence-electron chi connectivity index (χ2n) is 4.93. The monoisotopic (exact) mass is 399 g/mol. The maximum Gasteiger partial charge on any atom is 0.261 e. The number of hydrogen-bond donors (Lipinski definition) is 1. The van der Waals surface area contributed by atoms with E-state index in [-0.39, 0.29) is 11.8 Å². The van der Waals surface area contributed by atoms with Gasteiger partial charge < -0.3 is 14.8 Å². The topological polar surface area (TPSA) is 73.3 Å². The number of aromatic nitrogens is 2. The third-order valence-corrected chi connectivity index (χ3v) is 3.73. The third kappa shape index (κ3) is 4.13. The lowest BCUT2D eigenvalue weighted by atomic mass is 10.2. The van der Waals surface area contributed by atoms with Gasteiger partial charge >= 0.3 is 0 Å². The molecule has 7 heteroatoms. The maximum atomic E-state index is 12.6. The molecule has 0 spiro atoms. The molecule has 1 aromatic carbocycles. The zero-order valence-corrected chi connectivity index (χ0v) is 14.9. The van der Waals surface area contributed by atoms with Gasteiger partial charge in [0.15, 0.2) is 0 Å². The highest BCUT2D eigenvalue weighted by molar-refractivity contribution is 9.10. The lowest BCUT2D eigenvalue weighted by molar-refractivity contribution is 0.102. The van der Waals surface area contributed by atoms with Crippen LogP contribution in [0.3, 0.4) is 0 Å². The zero-order chi connectivity index (χ0) is 17.6. The number of nitrogens with zero attached hydrogens (tertiary/aromatic N) is 2. The van der Waals surface area contributed by atoms with E-state index in [0.717, 1.165) is 4.47 Å². The van der Waals surface area contributed by atoms with Crippen molar-refractivity contribution in [1.29, 1.82) is 0 Å². The van der Waals surface area contributed by atoms with Gasteiger partial charge in [-0.3, -0.25) is 4.79 Å². The maximum absolute atomic E-state index is 12.6. The second-order valence-corrected chi connectivity index (χ2v) is 5.85. The Bertz CT molecular complexity index is 902. The van der Waals surface area contributed by atoms with E-state index < -0.39 is 0 Å². The smallest absolute Gasteiger partial charge is 0.261 e. The lowest BCUT2D eigenvalue weighted by Gasteiger charge is -2.11. The van der Waals surface area contributed by atoms with Crippen LogP contribution in [0.25, 0.3) is 0 Å². The van der Waals surface area contributed by atoms with Crippen LogP contribution in [0.4, 0.5) is 5.69 Å². The van der Waals surface area contributed by atoms with Crippen molar-refractivity contribution in [3.05, 3.63) is 71.0 Å². The molecule has 0 atom stereocenters. The molecule has 2 aromatic heterocycles. The summed E-state index contributed by atoms with van der Waals surface area (Å²) in [5.74, 6) is 0.737. The normalized spacial score (nSPS) is 10.2. The van der Waals surface area contributed by atoms with Crippen molar-refractivity contribution in [2.45, 2.75) is 0 Å². The van der Waals surface area contributed by atoms with Gasteiger partial charge in [0.2, 0.25) is 11.8 Å². The quantitative estimate of drug-likeness (QED) is 0.692. The Morgan fingerprint density at radius 2 is 1.80 bits per heavy atom. The number of rotatable bonds is 5. The summed E-state index contributed by atoms with van der Waals surface area (Å²) >= 11 is 3.38. The summed E-state index contributed by atoms with van der Waals surface area (Å²) in [6.45, 7) is 0. The Hall–Kier alpha value is -2.93. The highest BCUT2D eigenvalue weighted by Gasteiger charge is 2.16. The van der Waals surface area contributed by atoms with Crippen LogP contribution in [0.15, 0.2) is 65.4 Å². The minimum absolute atomic E-state index is 0.209. The molecule has 0 radical (unpaired) electrons.